The molecule has 1 fully saturated rings. The first kappa shape index (κ1) is 20.0. The average Bonchev–Trinajstić information content (AvgIpc) is 3.44. The van der Waals surface area contributed by atoms with E-state index in [0.29, 0.717) is 0 Å². The summed E-state index contributed by atoms with van der Waals surface area (Å²) in [7, 11) is 2.10. The van der Waals surface area contributed by atoms with E-state index in [1.165, 1.54) is 11.3 Å². The van der Waals surface area contributed by atoms with Crippen LogP contribution < -0.4 is 15.1 Å². The molecule has 3 aromatic heterocycles. The first-order valence-electron chi connectivity index (χ1n) is 10.9. The normalized spacial score (nSPS) is 14.4. The molecule has 5 rings (SSSR count). The largest absolute Gasteiger partial charge is 0.368 e. The Morgan fingerprint density at radius 3 is 2.58 bits per heavy atom. The fourth-order valence-corrected chi connectivity index (χ4v) is 4.94. The maximum absolute atomic E-state index is 4.95. The Morgan fingerprint density at radius 1 is 1.06 bits per heavy atom. The van der Waals surface area contributed by atoms with Gasteiger partial charge in [0.25, 0.3) is 0 Å². The number of pyridine rings is 1. The van der Waals surface area contributed by atoms with Crippen LogP contribution in [-0.2, 0) is 6.42 Å². The van der Waals surface area contributed by atoms with Gasteiger partial charge in [-0.15, -0.1) is 11.3 Å². The predicted octanol–water partition coefficient (Wildman–Crippen LogP) is 4.51. The number of anilines is 3. The molecule has 7 heteroatoms. The highest BCUT2D eigenvalue weighted by Gasteiger charge is 2.20. The highest BCUT2D eigenvalue weighted by molar-refractivity contribution is 7.14. The van der Waals surface area contributed by atoms with Crippen molar-refractivity contribution in [3.05, 3.63) is 59.2 Å². The molecule has 0 saturated carbocycles. The van der Waals surface area contributed by atoms with Crippen molar-refractivity contribution < 1.29 is 0 Å². The summed E-state index contributed by atoms with van der Waals surface area (Å²) in [6, 6.07) is 12.9. The molecule has 31 heavy (non-hydrogen) atoms. The minimum atomic E-state index is 0.876. The van der Waals surface area contributed by atoms with E-state index < -0.39 is 0 Å². The van der Waals surface area contributed by atoms with E-state index >= 15 is 0 Å². The number of fused-ring (bicyclic) bond motifs is 1. The second kappa shape index (κ2) is 8.32. The molecular weight excluding hydrogens is 404 g/mol. The van der Waals surface area contributed by atoms with E-state index in [9.17, 15) is 0 Å². The molecule has 0 radical (unpaired) electrons. The molecule has 160 valence electrons. The van der Waals surface area contributed by atoms with Gasteiger partial charge < -0.3 is 15.1 Å². The van der Waals surface area contributed by atoms with E-state index in [2.05, 4.69) is 88.4 Å². The second-order valence-electron chi connectivity index (χ2n) is 8.03. The summed E-state index contributed by atoms with van der Waals surface area (Å²) in [5, 5.41) is 6.54. The minimum Gasteiger partial charge on any atom is -0.368 e. The molecule has 1 saturated heterocycles. The van der Waals surface area contributed by atoms with Gasteiger partial charge in [-0.25, -0.2) is 9.97 Å². The van der Waals surface area contributed by atoms with Crippen LogP contribution in [0.2, 0.25) is 0 Å². The Kier molecular flexibility index (Phi) is 5.38. The highest BCUT2D eigenvalue weighted by atomic mass is 32.1. The molecule has 1 aromatic carbocycles. The van der Waals surface area contributed by atoms with Gasteiger partial charge in [0.1, 0.15) is 11.5 Å². The molecule has 1 aliphatic rings. The first-order valence-corrected chi connectivity index (χ1v) is 11.7. The number of hydrogen-bond acceptors (Lipinski definition) is 6. The van der Waals surface area contributed by atoms with E-state index in [-0.39, 0.29) is 0 Å². The van der Waals surface area contributed by atoms with Gasteiger partial charge in [0.05, 0.1) is 17.1 Å². The van der Waals surface area contributed by atoms with Crippen molar-refractivity contribution in [3.8, 4) is 11.3 Å². The lowest BCUT2D eigenvalue weighted by Gasteiger charge is -2.29. The number of aryl methyl sites for hydroxylation is 2. The van der Waals surface area contributed by atoms with Crippen LogP contribution in [0.1, 0.15) is 18.2 Å². The smallest absolute Gasteiger partial charge is 0.191 e. The molecule has 0 amide bonds. The van der Waals surface area contributed by atoms with E-state index in [0.717, 1.165) is 66.1 Å². The molecule has 0 atom stereocenters. The van der Waals surface area contributed by atoms with Crippen LogP contribution in [0.4, 0.5) is 16.6 Å². The summed E-state index contributed by atoms with van der Waals surface area (Å²) in [6.07, 6.45) is 3.10. The predicted molar refractivity (Wildman–Crippen MR) is 130 cm³/mol. The Balaban J connectivity index is 1.53. The molecule has 1 aliphatic heterocycles. The van der Waals surface area contributed by atoms with Crippen molar-refractivity contribution >= 4 is 33.6 Å². The molecule has 4 aromatic rings. The highest BCUT2D eigenvalue weighted by Crippen LogP contribution is 2.34. The number of nitrogens with one attached hydrogen (secondary N) is 1. The molecule has 0 aliphatic carbocycles. The van der Waals surface area contributed by atoms with Crippen LogP contribution in [0.15, 0.2) is 48.0 Å². The summed E-state index contributed by atoms with van der Waals surface area (Å²) in [6.45, 7) is 8.37. The SMILES string of the molecule is CCc1nc2ccc(N3CCNCC3)cn2c1N(C)c1nc(-c2ccc(C)cc2)cs1. The maximum Gasteiger partial charge on any atom is 0.191 e. The number of rotatable bonds is 5. The Labute approximate surface area is 187 Å². The van der Waals surface area contributed by atoms with Gasteiger partial charge in [0, 0.05) is 50.4 Å². The lowest BCUT2D eigenvalue weighted by atomic mass is 10.1. The van der Waals surface area contributed by atoms with Crippen LogP contribution >= 0.6 is 11.3 Å². The first-order chi connectivity index (χ1) is 15.1. The lowest BCUT2D eigenvalue weighted by Crippen LogP contribution is -2.43. The Hall–Kier alpha value is -2.90. The van der Waals surface area contributed by atoms with Gasteiger partial charge in [0.15, 0.2) is 5.13 Å². The van der Waals surface area contributed by atoms with Crippen molar-refractivity contribution in [2.24, 2.45) is 0 Å². The maximum atomic E-state index is 4.95. The zero-order chi connectivity index (χ0) is 21.4. The van der Waals surface area contributed by atoms with Gasteiger partial charge in [-0.3, -0.25) is 4.40 Å². The third-order valence-corrected chi connectivity index (χ3v) is 6.83. The average molecular weight is 433 g/mol. The lowest BCUT2D eigenvalue weighted by molar-refractivity contribution is 0.588. The summed E-state index contributed by atoms with van der Waals surface area (Å²) < 4.78 is 2.23. The van der Waals surface area contributed by atoms with Crippen LogP contribution in [-0.4, -0.2) is 47.6 Å². The topological polar surface area (TPSA) is 48.7 Å². The number of hydrogen-bond donors (Lipinski definition) is 1. The van der Waals surface area contributed by atoms with E-state index in [4.69, 9.17) is 9.97 Å². The number of imidazole rings is 1. The van der Waals surface area contributed by atoms with Crippen molar-refractivity contribution in [3.63, 3.8) is 0 Å². The van der Waals surface area contributed by atoms with Crippen molar-refractivity contribution in [1.29, 1.82) is 0 Å². The number of nitrogens with zero attached hydrogens (tertiary/aromatic N) is 5. The summed E-state index contributed by atoms with van der Waals surface area (Å²) in [4.78, 5) is 14.5. The van der Waals surface area contributed by atoms with E-state index in [1.54, 1.807) is 11.3 Å². The molecule has 0 bridgehead atoms. The van der Waals surface area contributed by atoms with Crippen LogP contribution in [0.5, 0.6) is 0 Å². The molecule has 4 heterocycles. The number of piperazine rings is 1. The van der Waals surface area contributed by atoms with Gasteiger partial charge >= 0.3 is 0 Å². The van der Waals surface area contributed by atoms with Gasteiger partial charge in [0.2, 0.25) is 0 Å². The van der Waals surface area contributed by atoms with Gasteiger partial charge in [-0.05, 0) is 25.5 Å². The number of benzene rings is 1. The second-order valence-corrected chi connectivity index (χ2v) is 8.87. The zero-order valence-corrected chi connectivity index (χ0v) is 19.1. The van der Waals surface area contributed by atoms with Gasteiger partial charge in [-0.2, -0.15) is 0 Å². The van der Waals surface area contributed by atoms with Crippen LogP contribution in [0.25, 0.3) is 16.9 Å². The quantitative estimate of drug-likeness (QED) is 0.503. The fraction of sp³-hybridized carbons (Fsp3) is 0.333. The Bertz CT molecular complexity index is 1190. The summed E-state index contributed by atoms with van der Waals surface area (Å²) in [5.74, 6) is 1.10. The third kappa shape index (κ3) is 3.79. The number of thiazole rings is 1. The van der Waals surface area contributed by atoms with Gasteiger partial charge in [-0.1, -0.05) is 36.8 Å². The zero-order valence-electron chi connectivity index (χ0n) is 18.3. The van der Waals surface area contributed by atoms with Crippen molar-refractivity contribution in [2.75, 3.05) is 43.0 Å². The standard InChI is InChI=1S/C24H28N6S/c1-4-20-23(28(3)24-27-21(16-31-24)18-7-5-17(2)6-8-18)30-15-19(9-10-22(30)26-20)29-13-11-25-12-14-29/h5-10,15-16,25H,4,11-14H2,1-3H3. The number of aromatic nitrogens is 3. The third-order valence-electron chi connectivity index (χ3n) is 5.91. The van der Waals surface area contributed by atoms with Crippen LogP contribution in [0.3, 0.4) is 0 Å². The summed E-state index contributed by atoms with van der Waals surface area (Å²) >= 11 is 1.67. The molecular formula is C24H28N6S. The molecule has 6 nitrogen and oxygen atoms in total. The fourth-order valence-electron chi connectivity index (χ4n) is 4.14. The molecule has 0 spiro atoms. The minimum absolute atomic E-state index is 0.876. The van der Waals surface area contributed by atoms with Crippen molar-refractivity contribution in [1.82, 2.24) is 19.7 Å². The Morgan fingerprint density at radius 2 is 1.84 bits per heavy atom. The van der Waals surface area contributed by atoms with Crippen LogP contribution in [0, 0.1) is 6.92 Å². The molecule has 0 unspecified atom stereocenters. The summed E-state index contributed by atoms with van der Waals surface area (Å²) in [5.41, 5.74) is 6.73. The molecule has 1 N–H and O–H groups in total. The monoisotopic (exact) mass is 432 g/mol. The van der Waals surface area contributed by atoms with Crippen molar-refractivity contribution in [2.45, 2.75) is 20.3 Å². The van der Waals surface area contributed by atoms with E-state index in [1.807, 2.05) is 0 Å².